The molecule has 0 radical (unpaired) electrons. The molecule has 39 heavy (non-hydrogen) atoms. The van der Waals surface area contributed by atoms with Gasteiger partial charge in [-0.25, -0.2) is 9.79 Å². The Kier molecular flexibility index (Phi) is 6.73. The van der Waals surface area contributed by atoms with E-state index in [9.17, 15) is 48.7 Å². The average Bonchev–Trinajstić information content (AvgIpc) is 3.37. The number of aromatic nitrogens is 2. The molecule has 2 aromatic carbocycles. The molecule has 1 aliphatic rings. The van der Waals surface area contributed by atoms with Gasteiger partial charge in [-0.2, -0.15) is 49.0 Å². The molecule has 0 N–H and O–H groups in total. The fourth-order valence-corrected chi connectivity index (χ4v) is 3.90. The summed E-state index contributed by atoms with van der Waals surface area (Å²) in [6.07, 6.45) is -12.6. The maximum atomic E-state index is 14.1. The van der Waals surface area contributed by atoms with Crippen molar-refractivity contribution in [3.63, 3.8) is 0 Å². The van der Waals surface area contributed by atoms with Gasteiger partial charge in [-0.05, 0) is 42.3 Å². The molecule has 0 spiro atoms. The van der Waals surface area contributed by atoms with Crippen molar-refractivity contribution in [3.05, 3.63) is 81.1 Å². The fraction of sp³-hybridized carbons (Fsp3) is 0.261. The van der Waals surface area contributed by atoms with Crippen LogP contribution in [0.3, 0.4) is 0 Å². The number of rotatable bonds is 5. The second-order valence-corrected chi connectivity index (χ2v) is 8.71. The largest absolute Gasteiger partial charge is 0.459 e. The normalized spacial score (nSPS) is 15.6. The second-order valence-electron chi connectivity index (χ2n) is 8.31. The van der Waals surface area contributed by atoms with Crippen LogP contribution >= 0.6 is 11.6 Å². The Hall–Kier alpha value is -3.62. The van der Waals surface area contributed by atoms with Gasteiger partial charge in [0.15, 0.2) is 0 Å². The van der Waals surface area contributed by atoms with Gasteiger partial charge in [0.25, 0.3) is 0 Å². The van der Waals surface area contributed by atoms with E-state index in [0.29, 0.717) is 0 Å². The number of fused-ring (bicyclic) bond motifs is 1. The predicted octanol–water partition coefficient (Wildman–Crippen LogP) is 7.45. The van der Waals surface area contributed by atoms with Crippen molar-refractivity contribution >= 4 is 29.2 Å². The standard InChI is InChI=1S/C23H12ClF10N3O2/c1-10-7-11(5-6-14(10)35-18-12-3-2-4-13(24)17(12)19(38)39-18)9-37-16(21(27,28)23(32,33)34)8-15(36-37)20(25,26)22(29,30)31/h2-8H,9H2,1H3. The van der Waals surface area contributed by atoms with E-state index in [0.717, 1.165) is 6.07 Å². The molecule has 1 aliphatic heterocycles. The minimum absolute atomic E-state index is 0.0652. The first-order valence-electron chi connectivity index (χ1n) is 10.5. The summed E-state index contributed by atoms with van der Waals surface area (Å²) >= 11 is 5.99. The molecule has 1 aromatic heterocycles. The van der Waals surface area contributed by atoms with Gasteiger partial charge in [0.2, 0.25) is 5.90 Å². The zero-order valence-electron chi connectivity index (χ0n) is 19.1. The van der Waals surface area contributed by atoms with Gasteiger partial charge in [0.1, 0.15) is 11.4 Å². The minimum Gasteiger partial charge on any atom is -0.403 e. The molecular weight excluding hydrogens is 576 g/mol. The van der Waals surface area contributed by atoms with Crippen LogP contribution in [-0.2, 0) is 23.1 Å². The molecule has 2 heterocycles. The minimum atomic E-state index is -6.32. The van der Waals surface area contributed by atoms with Crippen LogP contribution in [0.25, 0.3) is 0 Å². The van der Waals surface area contributed by atoms with Crippen molar-refractivity contribution < 1.29 is 53.4 Å². The molecule has 0 saturated heterocycles. The zero-order chi connectivity index (χ0) is 29.1. The number of cyclic esters (lactones) is 1. The second kappa shape index (κ2) is 9.24. The maximum absolute atomic E-state index is 14.1. The van der Waals surface area contributed by atoms with Crippen molar-refractivity contribution in [2.75, 3.05) is 0 Å². The lowest BCUT2D eigenvalue weighted by atomic mass is 10.1. The first-order chi connectivity index (χ1) is 17.8. The van der Waals surface area contributed by atoms with Gasteiger partial charge in [-0.15, -0.1) is 0 Å². The third kappa shape index (κ3) is 4.94. The number of ether oxygens (including phenoxy) is 1. The van der Waals surface area contributed by atoms with Gasteiger partial charge in [0.05, 0.1) is 28.4 Å². The lowest BCUT2D eigenvalue weighted by Crippen LogP contribution is -2.36. The molecule has 5 nitrogen and oxygen atoms in total. The summed E-state index contributed by atoms with van der Waals surface area (Å²) in [5, 5.41) is 2.88. The molecule has 0 atom stereocenters. The number of carbonyl (C=O) groups is 1. The number of halogens is 11. The topological polar surface area (TPSA) is 56.5 Å². The summed E-state index contributed by atoms with van der Waals surface area (Å²) in [6.45, 7) is 0.399. The quantitative estimate of drug-likeness (QED) is 0.230. The molecule has 16 heteroatoms. The molecule has 3 aromatic rings. The molecule has 0 saturated carbocycles. The summed E-state index contributed by atoms with van der Waals surface area (Å²) in [6, 6.07) is 7.45. The summed E-state index contributed by atoms with van der Waals surface area (Å²) in [4.78, 5) is 16.3. The van der Waals surface area contributed by atoms with Gasteiger partial charge in [-0.3, -0.25) is 4.68 Å². The van der Waals surface area contributed by atoms with Gasteiger partial charge in [0, 0.05) is 0 Å². The number of hydrogen-bond donors (Lipinski definition) is 0. The van der Waals surface area contributed by atoms with Crippen LogP contribution < -0.4 is 0 Å². The zero-order valence-corrected chi connectivity index (χ0v) is 19.8. The molecular formula is C23H12ClF10N3O2. The van der Waals surface area contributed by atoms with Crippen molar-refractivity contribution in [2.24, 2.45) is 4.99 Å². The van der Waals surface area contributed by atoms with E-state index in [-0.39, 0.29) is 43.5 Å². The van der Waals surface area contributed by atoms with Crippen LogP contribution in [0.15, 0.2) is 47.5 Å². The lowest BCUT2D eigenvalue weighted by Gasteiger charge is -2.20. The first-order valence-corrected chi connectivity index (χ1v) is 10.9. The van der Waals surface area contributed by atoms with E-state index in [1.54, 1.807) is 0 Å². The highest BCUT2D eigenvalue weighted by atomic mass is 35.5. The summed E-state index contributed by atoms with van der Waals surface area (Å²) in [7, 11) is 0. The Morgan fingerprint density at radius 2 is 1.56 bits per heavy atom. The Morgan fingerprint density at radius 3 is 2.15 bits per heavy atom. The number of esters is 1. The van der Waals surface area contributed by atoms with Crippen molar-refractivity contribution in [3.8, 4) is 0 Å². The predicted molar refractivity (Wildman–Crippen MR) is 115 cm³/mol. The van der Waals surface area contributed by atoms with Crippen molar-refractivity contribution in [1.29, 1.82) is 0 Å². The lowest BCUT2D eigenvalue weighted by molar-refractivity contribution is -0.292. The van der Waals surface area contributed by atoms with E-state index >= 15 is 0 Å². The van der Waals surface area contributed by atoms with E-state index < -0.39 is 54.2 Å². The third-order valence-electron chi connectivity index (χ3n) is 5.59. The van der Waals surface area contributed by atoms with Crippen LogP contribution in [-0.4, -0.2) is 34.0 Å². The van der Waals surface area contributed by atoms with Crippen LogP contribution in [0.5, 0.6) is 0 Å². The summed E-state index contributed by atoms with van der Waals surface area (Å²) < 4.78 is 138. The van der Waals surface area contributed by atoms with Crippen LogP contribution in [0.1, 0.15) is 38.4 Å². The molecule has 0 bridgehead atoms. The van der Waals surface area contributed by atoms with Crippen molar-refractivity contribution in [1.82, 2.24) is 9.78 Å². The smallest absolute Gasteiger partial charge is 0.403 e. The summed E-state index contributed by atoms with van der Waals surface area (Å²) in [5.41, 5.74) is -3.88. The number of hydrogen-bond acceptors (Lipinski definition) is 4. The van der Waals surface area contributed by atoms with Crippen molar-refractivity contribution in [2.45, 2.75) is 37.7 Å². The molecule has 208 valence electrons. The van der Waals surface area contributed by atoms with Crippen LogP contribution in [0, 0.1) is 6.92 Å². The monoisotopic (exact) mass is 587 g/mol. The van der Waals surface area contributed by atoms with Crippen LogP contribution in [0.4, 0.5) is 49.6 Å². The number of carbonyl (C=O) groups excluding carboxylic acids is 1. The van der Waals surface area contributed by atoms with Crippen LogP contribution in [0.2, 0.25) is 5.02 Å². The number of aliphatic imine (C=N–C) groups is 1. The molecule has 0 unspecified atom stereocenters. The Bertz CT molecular complexity index is 1490. The maximum Gasteiger partial charge on any atom is 0.459 e. The highest BCUT2D eigenvalue weighted by Crippen LogP contribution is 2.48. The van der Waals surface area contributed by atoms with E-state index in [1.165, 1.54) is 37.3 Å². The Labute approximate surface area is 216 Å². The van der Waals surface area contributed by atoms with Gasteiger partial charge in [-0.1, -0.05) is 29.8 Å². The highest BCUT2D eigenvalue weighted by molar-refractivity contribution is 6.36. The van der Waals surface area contributed by atoms with E-state index in [2.05, 4.69) is 10.1 Å². The molecule has 4 rings (SSSR count). The Balaban J connectivity index is 1.72. The fourth-order valence-electron chi connectivity index (χ4n) is 3.64. The van der Waals surface area contributed by atoms with Gasteiger partial charge >= 0.3 is 30.2 Å². The number of benzene rings is 2. The molecule has 0 amide bonds. The number of alkyl halides is 10. The summed E-state index contributed by atoms with van der Waals surface area (Å²) in [5.74, 6) is -12.5. The van der Waals surface area contributed by atoms with E-state index in [4.69, 9.17) is 16.3 Å². The SMILES string of the molecule is Cc1cc(Cn2nc(C(F)(F)C(F)(F)F)cc2C(F)(F)C(F)(F)F)ccc1N=C1OC(=O)c2c(Cl)cccc21. The third-order valence-corrected chi connectivity index (χ3v) is 5.90. The first kappa shape index (κ1) is 28.4. The number of aryl methyl sites for hydroxylation is 1. The Morgan fingerprint density at radius 1 is 0.923 bits per heavy atom. The van der Waals surface area contributed by atoms with E-state index in [1.807, 2.05) is 0 Å². The molecule has 0 aliphatic carbocycles. The highest BCUT2D eigenvalue weighted by Gasteiger charge is 2.64. The molecule has 0 fully saturated rings. The number of nitrogens with zero attached hydrogens (tertiary/aromatic N) is 3. The average molecular weight is 588 g/mol. The van der Waals surface area contributed by atoms with Gasteiger partial charge < -0.3 is 4.74 Å².